The Balaban J connectivity index is 1.75. The molecule has 1 N–H and O–H groups in total. The molecule has 3 fully saturated rings. The Kier molecular flexibility index (Phi) is 12.9. The first-order valence-corrected chi connectivity index (χ1v) is 18.1. The molecule has 0 radical (unpaired) electrons. The highest BCUT2D eigenvalue weighted by Crippen LogP contribution is 2.59. The first-order valence-electron chi connectivity index (χ1n) is 18.1. The molecule has 3 aliphatic rings. The Labute approximate surface area is 292 Å². The Morgan fingerprint density at radius 2 is 1.84 bits per heavy atom. The van der Waals surface area contributed by atoms with E-state index in [9.17, 15) is 24.3 Å². The van der Waals surface area contributed by atoms with Crippen molar-refractivity contribution < 1.29 is 33.8 Å². The maximum Gasteiger partial charge on any atom is 0.313 e. The number of rotatable bonds is 18. The summed E-state index contributed by atoms with van der Waals surface area (Å²) in [5.41, 5.74) is -0.514. The highest BCUT2D eigenvalue weighted by Gasteiger charge is 2.76. The van der Waals surface area contributed by atoms with Gasteiger partial charge in [-0.3, -0.25) is 19.2 Å². The first kappa shape index (κ1) is 38.3. The molecule has 0 saturated carbocycles. The van der Waals surface area contributed by atoms with Crippen molar-refractivity contribution in [3.63, 3.8) is 0 Å². The fourth-order valence-electron chi connectivity index (χ4n) is 8.29. The van der Waals surface area contributed by atoms with Gasteiger partial charge in [0, 0.05) is 26.1 Å². The number of fused-ring (bicyclic) bond motifs is 1. The number of aliphatic hydroxyl groups excluding tert-OH is 1. The summed E-state index contributed by atoms with van der Waals surface area (Å²) in [5, 5.41) is 10.7. The quantitative estimate of drug-likeness (QED) is 0.170. The predicted molar refractivity (Wildman–Crippen MR) is 188 cm³/mol. The number of hydrogen-bond donors (Lipinski definition) is 1. The minimum atomic E-state index is -1.24. The van der Waals surface area contributed by atoms with Crippen LogP contribution >= 0.6 is 0 Å². The summed E-state index contributed by atoms with van der Waals surface area (Å²) < 4.78 is 13.1. The highest BCUT2D eigenvalue weighted by atomic mass is 16.6. The van der Waals surface area contributed by atoms with Gasteiger partial charge in [0.05, 0.1) is 36.6 Å². The lowest BCUT2D eigenvalue weighted by atomic mass is 9.70. The van der Waals surface area contributed by atoms with E-state index in [-0.39, 0.29) is 42.7 Å². The minimum Gasteiger partial charge on any atom is -0.455 e. The van der Waals surface area contributed by atoms with Crippen LogP contribution in [0.25, 0.3) is 0 Å². The third-order valence-electron chi connectivity index (χ3n) is 11.3. The summed E-state index contributed by atoms with van der Waals surface area (Å²) in [5.74, 6) is -3.29. The van der Waals surface area contributed by atoms with Crippen LogP contribution < -0.4 is 0 Å². The molecular formula is C39H57N3O7. The molecule has 3 saturated heterocycles. The zero-order chi connectivity index (χ0) is 36.0. The van der Waals surface area contributed by atoms with E-state index in [1.54, 1.807) is 33.9 Å². The Morgan fingerprint density at radius 1 is 1.14 bits per heavy atom. The smallest absolute Gasteiger partial charge is 0.313 e. The fourth-order valence-corrected chi connectivity index (χ4v) is 8.29. The van der Waals surface area contributed by atoms with E-state index in [0.717, 1.165) is 18.4 Å². The number of amides is 3. The summed E-state index contributed by atoms with van der Waals surface area (Å²) in [4.78, 5) is 61.9. The van der Waals surface area contributed by atoms with Gasteiger partial charge >= 0.3 is 5.97 Å². The number of benzene rings is 1. The fraction of sp³-hybridized carbons (Fsp3) is 0.641. The second-order valence-electron chi connectivity index (χ2n) is 14.2. The van der Waals surface area contributed by atoms with Crippen molar-refractivity contribution in [3.05, 3.63) is 61.2 Å². The van der Waals surface area contributed by atoms with Gasteiger partial charge in [-0.15, -0.1) is 13.2 Å². The van der Waals surface area contributed by atoms with Crippen LogP contribution in [0.3, 0.4) is 0 Å². The maximum absolute atomic E-state index is 14.8. The van der Waals surface area contributed by atoms with Gasteiger partial charge in [-0.1, -0.05) is 76.1 Å². The SMILES string of the molecule is C=CCCC(=O)N(C)[C@@H](C)[C@@H](OC(=O)[C@@H]1[C@@H]2CC[C@]3(O2)[C@H](C(=O)N(CC=C)C(C)CCC)N([C@@H](CO)[C@@H](C)CC)C(=O)[C@@H]13)c1ccccc1. The molecule has 0 aromatic heterocycles. The topological polar surface area (TPSA) is 117 Å². The van der Waals surface area contributed by atoms with Crippen LogP contribution in [0.4, 0.5) is 0 Å². The molecule has 0 aliphatic carbocycles. The molecule has 1 spiro atoms. The molecule has 3 aliphatic heterocycles. The van der Waals surface area contributed by atoms with Crippen LogP contribution in [-0.2, 0) is 28.7 Å². The van der Waals surface area contributed by atoms with Gasteiger partial charge in [0.25, 0.3) is 0 Å². The average molecular weight is 680 g/mol. The standard InChI is InChI=1S/C39H57N3O7/c1-9-13-20-31(44)40(8)27(7)34(28-18-15-14-16-19-28)48-38(47)32-30-21-22-39(49-30)33(32)36(45)42(29(24-43)25(5)12-4)35(39)37(46)41(23-11-3)26(6)17-10-2/h9,11,14-16,18-19,25-27,29-30,32-35,43H,1,3,10,12-13,17,20-24H2,2,4-8H3/t25-,26?,27-,29-,30-,32+,33+,34+,35-,39+/m0/s1. The van der Waals surface area contributed by atoms with E-state index >= 15 is 0 Å². The largest absolute Gasteiger partial charge is 0.455 e. The van der Waals surface area contributed by atoms with Gasteiger partial charge in [0.15, 0.2) is 0 Å². The van der Waals surface area contributed by atoms with Crippen molar-refractivity contribution in [1.29, 1.82) is 0 Å². The van der Waals surface area contributed by atoms with Gasteiger partial charge in [-0.05, 0) is 51.0 Å². The van der Waals surface area contributed by atoms with E-state index in [1.807, 2.05) is 58.0 Å². The minimum absolute atomic E-state index is 0.101. The van der Waals surface area contributed by atoms with Crippen LogP contribution in [0.2, 0.25) is 0 Å². The third kappa shape index (κ3) is 7.22. The van der Waals surface area contributed by atoms with Gasteiger partial charge < -0.3 is 29.3 Å². The zero-order valence-corrected chi connectivity index (χ0v) is 30.3. The number of aliphatic hydroxyl groups is 1. The van der Waals surface area contributed by atoms with Crippen molar-refractivity contribution in [2.24, 2.45) is 17.8 Å². The molecule has 1 aromatic carbocycles. The molecule has 49 heavy (non-hydrogen) atoms. The van der Waals surface area contributed by atoms with Crippen molar-refractivity contribution in [1.82, 2.24) is 14.7 Å². The molecular weight excluding hydrogens is 622 g/mol. The molecule has 270 valence electrons. The summed E-state index contributed by atoms with van der Waals surface area (Å²) >= 11 is 0. The van der Waals surface area contributed by atoms with E-state index in [0.29, 0.717) is 32.2 Å². The van der Waals surface area contributed by atoms with Gasteiger partial charge in [0.1, 0.15) is 17.7 Å². The van der Waals surface area contributed by atoms with Crippen LogP contribution in [0, 0.1) is 17.8 Å². The molecule has 3 heterocycles. The normalized spacial score (nSPS) is 27.1. The van der Waals surface area contributed by atoms with Gasteiger partial charge in [0.2, 0.25) is 17.7 Å². The number of nitrogens with zero attached hydrogens (tertiary/aromatic N) is 3. The van der Waals surface area contributed by atoms with Crippen molar-refractivity contribution >= 4 is 23.7 Å². The number of carbonyl (C=O) groups excluding carboxylic acids is 4. The summed E-state index contributed by atoms with van der Waals surface area (Å²) in [6.07, 6.45) is 6.04. The van der Waals surface area contributed by atoms with E-state index in [4.69, 9.17) is 9.47 Å². The van der Waals surface area contributed by atoms with Crippen LogP contribution in [0.15, 0.2) is 55.6 Å². The van der Waals surface area contributed by atoms with Crippen molar-refractivity contribution in [3.8, 4) is 0 Å². The summed E-state index contributed by atoms with van der Waals surface area (Å²) in [6.45, 7) is 17.4. The summed E-state index contributed by atoms with van der Waals surface area (Å²) in [6, 6.07) is 7.02. The second kappa shape index (κ2) is 16.5. The lowest BCUT2D eigenvalue weighted by Crippen LogP contribution is -2.60. The molecule has 1 unspecified atom stereocenters. The molecule has 10 atom stereocenters. The number of carbonyl (C=O) groups is 4. The first-order chi connectivity index (χ1) is 23.4. The molecule has 1 aromatic rings. The number of likely N-dealkylation sites (N-methyl/N-ethyl adjacent to an activating group) is 1. The van der Waals surface area contributed by atoms with E-state index in [2.05, 4.69) is 20.1 Å². The average Bonchev–Trinajstić information content (AvgIpc) is 3.75. The van der Waals surface area contributed by atoms with Gasteiger partial charge in [-0.25, -0.2) is 0 Å². The Hall–Kier alpha value is -3.50. The molecule has 10 heteroatoms. The Bertz CT molecular complexity index is 1350. The lowest BCUT2D eigenvalue weighted by molar-refractivity contribution is -0.165. The summed E-state index contributed by atoms with van der Waals surface area (Å²) in [7, 11) is 1.70. The molecule has 4 rings (SSSR count). The highest BCUT2D eigenvalue weighted by molar-refractivity contribution is 5.98. The molecule has 2 bridgehead atoms. The number of ether oxygens (including phenoxy) is 2. The van der Waals surface area contributed by atoms with Crippen LogP contribution in [0.1, 0.15) is 91.2 Å². The number of hydrogen-bond acceptors (Lipinski definition) is 7. The van der Waals surface area contributed by atoms with E-state index in [1.165, 1.54) is 0 Å². The van der Waals surface area contributed by atoms with E-state index < -0.39 is 53.7 Å². The van der Waals surface area contributed by atoms with Crippen LogP contribution in [-0.4, -0.2) is 99.6 Å². The number of likely N-dealkylation sites (tertiary alicyclic amines) is 1. The predicted octanol–water partition coefficient (Wildman–Crippen LogP) is 5.07. The monoisotopic (exact) mass is 679 g/mol. The number of allylic oxidation sites excluding steroid dienone is 1. The van der Waals surface area contributed by atoms with Crippen LogP contribution in [0.5, 0.6) is 0 Å². The van der Waals surface area contributed by atoms with Crippen molar-refractivity contribution in [2.75, 3.05) is 20.2 Å². The van der Waals surface area contributed by atoms with Crippen molar-refractivity contribution in [2.45, 2.75) is 122 Å². The molecule has 10 nitrogen and oxygen atoms in total. The number of esters is 1. The molecule has 3 amide bonds. The Morgan fingerprint density at radius 3 is 2.43 bits per heavy atom. The third-order valence-corrected chi connectivity index (χ3v) is 11.3. The second-order valence-corrected chi connectivity index (χ2v) is 14.2. The maximum atomic E-state index is 14.8. The lowest BCUT2D eigenvalue weighted by Gasteiger charge is -2.42. The van der Waals surface area contributed by atoms with Gasteiger partial charge in [-0.2, -0.15) is 0 Å². The zero-order valence-electron chi connectivity index (χ0n) is 30.3.